The lowest BCUT2D eigenvalue weighted by Gasteiger charge is -2.05. The van der Waals surface area contributed by atoms with Crippen LogP contribution in [0.5, 0.6) is 0 Å². The van der Waals surface area contributed by atoms with Crippen LogP contribution in [0.1, 0.15) is 26.7 Å². The van der Waals surface area contributed by atoms with Crippen LogP contribution in [0.25, 0.3) is 0 Å². The predicted octanol–water partition coefficient (Wildman–Crippen LogP) is 1.74. The summed E-state index contributed by atoms with van der Waals surface area (Å²) < 4.78 is 5.21. The number of benzene rings is 1. The van der Waals surface area contributed by atoms with Gasteiger partial charge in [0.05, 0.1) is 17.1 Å². The summed E-state index contributed by atoms with van der Waals surface area (Å²) in [4.78, 5) is 22.9. The number of halogens is 1. The first-order valence-corrected chi connectivity index (χ1v) is 6.08. The molecule has 0 aliphatic rings. The smallest absolute Gasteiger partial charge is 0.291 e. The topological polar surface area (TPSA) is 111 Å². The van der Waals surface area contributed by atoms with Gasteiger partial charge < -0.3 is 21.2 Å². The summed E-state index contributed by atoms with van der Waals surface area (Å²) in [5.41, 5.74) is 11.1. The second-order valence-corrected chi connectivity index (χ2v) is 4.39. The number of hydrogen-bond donors (Lipinski definition) is 3. The van der Waals surface area contributed by atoms with Crippen LogP contribution in [0, 0.1) is 0 Å². The number of amides is 2. The molecule has 2 rings (SSSR count). The van der Waals surface area contributed by atoms with E-state index in [0.29, 0.717) is 11.4 Å². The number of nitrogens with one attached hydrogen (secondary N) is 1. The van der Waals surface area contributed by atoms with E-state index in [2.05, 4.69) is 5.32 Å². The van der Waals surface area contributed by atoms with Crippen molar-refractivity contribution in [1.82, 2.24) is 0 Å². The highest BCUT2D eigenvalue weighted by Gasteiger charge is 2.13. The van der Waals surface area contributed by atoms with Crippen molar-refractivity contribution in [3.05, 3.63) is 52.4 Å². The van der Waals surface area contributed by atoms with Gasteiger partial charge in [0.25, 0.3) is 5.91 Å². The van der Waals surface area contributed by atoms with Gasteiger partial charge in [-0.1, -0.05) is 11.6 Å². The fraction of sp³-hybridized carbons (Fsp3) is 0.0769. The van der Waals surface area contributed by atoms with E-state index in [4.69, 9.17) is 27.5 Å². The zero-order chi connectivity index (χ0) is 14.7. The van der Waals surface area contributed by atoms with Gasteiger partial charge in [-0.15, -0.1) is 0 Å². The summed E-state index contributed by atoms with van der Waals surface area (Å²) in [6.07, 6.45) is 0. The van der Waals surface area contributed by atoms with E-state index >= 15 is 0 Å². The minimum absolute atomic E-state index is 0.139. The maximum atomic E-state index is 11.9. The second kappa shape index (κ2) is 5.77. The lowest BCUT2D eigenvalue weighted by Crippen LogP contribution is -2.13. The Kier molecular flexibility index (Phi) is 4.07. The van der Waals surface area contributed by atoms with Crippen molar-refractivity contribution in [1.29, 1.82) is 0 Å². The van der Waals surface area contributed by atoms with E-state index in [-0.39, 0.29) is 22.9 Å². The van der Waals surface area contributed by atoms with Gasteiger partial charge in [0.2, 0.25) is 5.91 Å². The highest BCUT2D eigenvalue weighted by atomic mass is 35.5. The summed E-state index contributed by atoms with van der Waals surface area (Å²) in [6, 6.07) is 7.55. The fourth-order valence-electron chi connectivity index (χ4n) is 1.60. The summed E-state index contributed by atoms with van der Waals surface area (Å²) in [5.74, 6) is -0.420. The van der Waals surface area contributed by atoms with Crippen molar-refractivity contribution in [2.75, 3.05) is 5.32 Å². The predicted molar refractivity (Wildman–Crippen MR) is 74.5 cm³/mol. The van der Waals surface area contributed by atoms with Crippen molar-refractivity contribution in [2.24, 2.45) is 11.5 Å². The molecule has 1 aromatic heterocycles. The minimum Gasteiger partial charge on any atom is -0.455 e. The third-order valence-corrected chi connectivity index (χ3v) is 2.89. The van der Waals surface area contributed by atoms with Crippen LogP contribution in [0.4, 0.5) is 5.69 Å². The molecule has 0 atom stereocenters. The number of hydrogen-bond acceptors (Lipinski definition) is 4. The molecule has 0 saturated heterocycles. The van der Waals surface area contributed by atoms with Gasteiger partial charge in [-0.25, -0.2) is 0 Å². The third-order valence-electron chi connectivity index (χ3n) is 2.58. The van der Waals surface area contributed by atoms with Crippen LogP contribution >= 0.6 is 11.6 Å². The number of rotatable bonds is 4. The maximum absolute atomic E-state index is 11.9. The molecule has 0 aliphatic carbocycles. The number of anilines is 1. The van der Waals surface area contributed by atoms with E-state index in [0.717, 1.165) is 0 Å². The second-order valence-electron chi connectivity index (χ2n) is 3.98. The Morgan fingerprint density at radius 1 is 1.25 bits per heavy atom. The van der Waals surface area contributed by atoms with Crippen LogP contribution in [0.3, 0.4) is 0 Å². The molecule has 104 valence electrons. The summed E-state index contributed by atoms with van der Waals surface area (Å²) in [6.45, 7) is 0.215. The average molecular weight is 294 g/mol. The van der Waals surface area contributed by atoms with E-state index < -0.39 is 11.8 Å². The SMILES string of the molecule is NCc1ccc(C(=O)Nc2ccc(C(N)=O)c(Cl)c2)o1. The van der Waals surface area contributed by atoms with Crippen LogP contribution in [0.2, 0.25) is 5.02 Å². The molecule has 0 spiro atoms. The Morgan fingerprint density at radius 2 is 2.00 bits per heavy atom. The molecule has 2 aromatic rings. The molecule has 7 heteroatoms. The van der Waals surface area contributed by atoms with Gasteiger partial charge >= 0.3 is 0 Å². The Labute approximate surface area is 119 Å². The highest BCUT2D eigenvalue weighted by Crippen LogP contribution is 2.21. The highest BCUT2D eigenvalue weighted by molar-refractivity contribution is 6.34. The molecule has 2 amide bonds. The number of nitrogens with two attached hydrogens (primary N) is 2. The van der Waals surface area contributed by atoms with Gasteiger partial charge in [-0.3, -0.25) is 9.59 Å². The molecular formula is C13H12ClN3O3. The average Bonchev–Trinajstić information content (AvgIpc) is 2.87. The van der Waals surface area contributed by atoms with Crippen LogP contribution in [-0.2, 0) is 6.54 Å². The molecule has 5 N–H and O–H groups in total. The molecule has 0 radical (unpaired) electrons. The molecule has 0 unspecified atom stereocenters. The summed E-state index contributed by atoms with van der Waals surface area (Å²) in [7, 11) is 0. The number of furan rings is 1. The summed E-state index contributed by atoms with van der Waals surface area (Å²) in [5, 5.41) is 2.76. The van der Waals surface area contributed by atoms with E-state index in [1.54, 1.807) is 6.07 Å². The Morgan fingerprint density at radius 3 is 2.55 bits per heavy atom. The van der Waals surface area contributed by atoms with Gasteiger partial charge in [-0.2, -0.15) is 0 Å². The molecular weight excluding hydrogens is 282 g/mol. The Balaban J connectivity index is 2.15. The largest absolute Gasteiger partial charge is 0.455 e. The van der Waals surface area contributed by atoms with Gasteiger partial charge in [0, 0.05) is 5.69 Å². The summed E-state index contributed by atoms with van der Waals surface area (Å²) >= 11 is 5.89. The van der Waals surface area contributed by atoms with Crippen LogP contribution < -0.4 is 16.8 Å². The van der Waals surface area contributed by atoms with Gasteiger partial charge in [-0.05, 0) is 30.3 Å². The van der Waals surface area contributed by atoms with Crippen LogP contribution in [0.15, 0.2) is 34.7 Å². The lowest BCUT2D eigenvalue weighted by atomic mass is 10.2. The molecule has 1 aromatic carbocycles. The third kappa shape index (κ3) is 2.98. The number of carbonyl (C=O) groups is 2. The molecule has 20 heavy (non-hydrogen) atoms. The molecule has 0 saturated carbocycles. The van der Waals surface area contributed by atoms with Crippen molar-refractivity contribution in [2.45, 2.75) is 6.54 Å². The Hall–Kier alpha value is -2.31. The first kappa shape index (κ1) is 14.1. The van der Waals surface area contributed by atoms with Crippen molar-refractivity contribution in [3.8, 4) is 0 Å². The van der Waals surface area contributed by atoms with Gasteiger partial charge in [0.15, 0.2) is 5.76 Å². The molecule has 6 nitrogen and oxygen atoms in total. The number of carbonyl (C=O) groups excluding carboxylic acids is 2. The monoisotopic (exact) mass is 293 g/mol. The minimum atomic E-state index is -0.633. The van der Waals surface area contributed by atoms with E-state index in [1.807, 2.05) is 0 Å². The Bertz CT molecular complexity index is 667. The quantitative estimate of drug-likeness (QED) is 0.797. The first-order chi connectivity index (χ1) is 9.51. The first-order valence-electron chi connectivity index (χ1n) is 5.70. The number of primary amides is 1. The van der Waals surface area contributed by atoms with E-state index in [9.17, 15) is 9.59 Å². The standard InChI is InChI=1S/C13H12ClN3O3/c14-10-5-7(1-3-9(10)12(16)18)17-13(19)11-4-2-8(6-15)20-11/h1-5H,6,15H2,(H2,16,18)(H,17,19). The lowest BCUT2D eigenvalue weighted by molar-refractivity contribution is 0.0990. The zero-order valence-corrected chi connectivity index (χ0v) is 11.1. The van der Waals surface area contributed by atoms with Crippen molar-refractivity contribution >= 4 is 29.1 Å². The van der Waals surface area contributed by atoms with Crippen LogP contribution in [-0.4, -0.2) is 11.8 Å². The molecule has 0 fully saturated rings. The van der Waals surface area contributed by atoms with E-state index in [1.165, 1.54) is 24.3 Å². The molecule has 0 bridgehead atoms. The van der Waals surface area contributed by atoms with Gasteiger partial charge in [0.1, 0.15) is 5.76 Å². The van der Waals surface area contributed by atoms with Crippen molar-refractivity contribution in [3.63, 3.8) is 0 Å². The fourth-order valence-corrected chi connectivity index (χ4v) is 1.87. The normalized spacial score (nSPS) is 10.3. The molecule has 0 aliphatic heterocycles. The molecule has 1 heterocycles. The van der Waals surface area contributed by atoms with Crippen molar-refractivity contribution < 1.29 is 14.0 Å². The maximum Gasteiger partial charge on any atom is 0.291 e. The zero-order valence-electron chi connectivity index (χ0n) is 10.4.